The third-order valence-electron chi connectivity index (χ3n) is 2.01. The number of halogens is 1. The van der Waals surface area contributed by atoms with Crippen LogP contribution in [-0.4, -0.2) is 12.0 Å². The molecule has 0 aliphatic heterocycles. The maximum absolute atomic E-state index is 6.09. The molecule has 0 radical (unpaired) electrons. The molecule has 0 aliphatic rings. The molecule has 1 aromatic carbocycles. The van der Waals surface area contributed by atoms with Crippen LogP contribution in [0.5, 0.6) is 0 Å². The van der Waals surface area contributed by atoms with Crippen molar-refractivity contribution in [3.63, 3.8) is 0 Å². The highest BCUT2D eigenvalue weighted by Crippen LogP contribution is 2.31. The Bertz CT molecular complexity index is 439. The van der Waals surface area contributed by atoms with Gasteiger partial charge >= 0.3 is 0 Å². The van der Waals surface area contributed by atoms with Crippen LogP contribution in [0.1, 0.15) is 5.69 Å². The SMILES string of the molecule is CNCc1nc(-c2ccccc2)sc1Cl. The first-order valence-corrected chi connectivity index (χ1v) is 5.86. The average Bonchev–Trinajstić information content (AvgIpc) is 2.63. The zero-order chi connectivity index (χ0) is 10.7. The fourth-order valence-electron chi connectivity index (χ4n) is 1.31. The molecule has 4 heteroatoms. The molecule has 1 aromatic heterocycles. The molecule has 2 nitrogen and oxygen atoms in total. The van der Waals surface area contributed by atoms with Crippen molar-refractivity contribution < 1.29 is 0 Å². The van der Waals surface area contributed by atoms with Crippen molar-refractivity contribution in [1.29, 1.82) is 0 Å². The summed E-state index contributed by atoms with van der Waals surface area (Å²) < 4.78 is 0.767. The third-order valence-corrected chi connectivity index (χ3v) is 3.40. The summed E-state index contributed by atoms with van der Waals surface area (Å²) in [6.45, 7) is 0.710. The Hall–Kier alpha value is -0.900. The second kappa shape index (κ2) is 4.75. The lowest BCUT2D eigenvalue weighted by molar-refractivity contribution is 0.798. The number of thiazole rings is 1. The molecule has 2 aromatic rings. The molecular formula is C11H11ClN2S. The smallest absolute Gasteiger partial charge is 0.125 e. The minimum absolute atomic E-state index is 0.710. The van der Waals surface area contributed by atoms with Crippen molar-refractivity contribution in [2.24, 2.45) is 0 Å². The molecule has 0 saturated carbocycles. The van der Waals surface area contributed by atoms with Gasteiger partial charge in [-0.15, -0.1) is 11.3 Å². The second-order valence-corrected chi connectivity index (χ2v) is 4.74. The van der Waals surface area contributed by atoms with Gasteiger partial charge in [0.2, 0.25) is 0 Å². The monoisotopic (exact) mass is 238 g/mol. The lowest BCUT2D eigenvalue weighted by Gasteiger charge is -1.94. The van der Waals surface area contributed by atoms with Crippen molar-refractivity contribution in [1.82, 2.24) is 10.3 Å². The van der Waals surface area contributed by atoms with Crippen molar-refractivity contribution >= 4 is 22.9 Å². The summed E-state index contributed by atoms with van der Waals surface area (Å²) in [6.07, 6.45) is 0. The second-order valence-electron chi connectivity index (χ2n) is 3.14. The van der Waals surface area contributed by atoms with E-state index < -0.39 is 0 Å². The van der Waals surface area contributed by atoms with Gasteiger partial charge in [-0.2, -0.15) is 0 Å². The van der Waals surface area contributed by atoms with E-state index >= 15 is 0 Å². The van der Waals surface area contributed by atoms with Crippen LogP contribution >= 0.6 is 22.9 Å². The molecule has 1 heterocycles. The molecule has 0 fully saturated rings. The van der Waals surface area contributed by atoms with Crippen LogP contribution in [0.4, 0.5) is 0 Å². The van der Waals surface area contributed by atoms with Gasteiger partial charge in [0.05, 0.1) is 5.69 Å². The van der Waals surface area contributed by atoms with Gasteiger partial charge in [0, 0.05) is 12.1 Å². The molecule has 78 valence electrons. The number of nitrogens with zero attached hydrogens (tertiary/aromatic N) is 1. The quantitative estimate of drug-likeness (QED) is 0.889. The van der Waals surface area contributed by atoms with Gasteiger partial charge in [0.15, 0.2) is 0 Å². The van der Waals surface area contributed by atoms with E-state index in [0.29, 0.717) is 6.54 Å². The average molecular weight is 239 g/mol. The van der Waals surface area contributed by atoms with Crippen LogP contribution in [0.15, 0.2) is 30.3 Å². The Kier molecular flexibility index (Phi) is 3.36. The van der Waals surface area contributed by atoms with Gasteiger partial charge < -0.3 is 5.32 Å². The number of hydrogen-bond donors (Lipinski definition) is 1. The predicted molar refractivity (Wildman–Crippen MR) is 65.3 cm³/mol. The highest BCUT2D eigenvalue weighted by atomic mass is 35.5. The van der Waals surface area contributed by atoms with E-state index in [9.17, 15) is 0 Å². The zero-order valence-electron chi connectivity index (χ0n) is 8.33. The number of nitrogens with one attached hydrogen (secondary N) is 1. The number of benzene rings is 1. The Balaban J connectivity index is 2.34. The van der Waals surface area contributed by atoms with Gasteiger partial charge in [-0.3, -0.25) is 0 Å². The molecule has 2 rings (SSSR count). The summed E-state index contributed by atoms with van der Waals surface area (Å²) in [5.41, 5.74) is 2.04. The maximum atomic E-state index is 6.09. The molecule has 0 amide bonds. The largest absolute Gasteiger partial charge is 0.314 e. The molecule has 0 spiro atoms. The van der Waals surface area contributed by atoms with Crippen LogP contribution in [-0.2, 0) is 6.54 Å². The van der Waals surface area contributed by atoms with Crippen molar-refractivity contribution in [2.45, 2.75) is 6.54 Å². The molecule has 0 bridgehead atoms. The Morgan fingerprint density at radius 3 is 2.73 bits per heavy atom. The first kappa shape index (κ1) is 10.6. The first-order valence-electron chi connectivity index (χ1n) is 4.66. The van der Waals surface area contributed by atoms with E-state index in [1.54, 1.807) is 0 Å². The molecule has 1 N–H and O–H groups in total. The summed E-state index contributed by atoms with van der Waals surface area (Å²) in [6, 6.07) is 10.1. The zero-order valence-corrected chi connectivity index (χ0v) is 9.90. The molecule has 0 aliphatic carbocycles. The highest BCUT2D eigenvalue weighted by Gasteiger charge is 2.09. The predicted octanol–water partition coefficient (Wildman–Crippen LogP) is 3.18. The fraction of sp³-hybridized carbons (Fsp3) is 0.182. The molecule has 15 heavy (non-hydrogen) atoms. The number of aromatic nitrogens is 1. The normalized spacial score (nSPS) is 10.5. The summed E-state index contributed by atoms with van der Waals surface area (Å²) in [5.74, 6) is 0. The number of rotatable bonds is 3. The van der Waals surface area contributed by atoms with E-state index in [0.717, 1.165) is 20.6 Å². The third kappa shape index (κ3) is 2.37. The van der Waals surface area contributed by atoms with Crippen molar-refractivity contribution in [2.75, 3.05) is 7.05 Å². The molecule has 0 atom stereocenters. The van der Waals surface area contributed by atoms with Gasteiger partial charge in [0.25, 0.3) is 0 Å². The van der Waals surface area contributed by atoms with Gasteiger partial charge in [-0.05, 0) is 7.05 Å². The minimum atomic E-state index is 0.710. The van der Waals surface area contributed by atoms with Crippen molar-refractivity contribution in [3.8, 4) is 10.6 Å². The first-order chi connectivity index (χ1) is 7.31. The van der Waals surface area contributed by atoms with Crippen LogP contribution in [0.25, 0.3) is 10.6 Å². The minimum Gasteiger partial charge on any atom is -0.314 e. The van der Waals surface area contributed by atoms with Crippen LogP contribution in [0.3, 0.4) is 0 Å². The molecule has 0 unspecified atom stereocenters. The van der Waals surface area contributed by atoms with Crippen molar-refractivity contribution in [3.05, 3.63) is 40.4 Å². The summed E-state index contributed by atoms with van der Waals surface area (Å²) >= 11 is 7.61. The molecule has 0 saturated heterocycles. The Morgan fingerprint density at radius 2 is 2.07 bits per heavy atom. The number of hydrogen-bond acceptors (Lipinski definition) is 3. The van der Waals surface area contributed by atoms with E-state index in [1.165, 1.54) is 11.3 Å². The fourth-order valence-corrected chi connectivity index (χ4v) is 2.46. The van der Waals surface area contributed by atoms with E-state index in [1.807, 2.05) is 37.4 Å². The summed E-state index contributed by atoms with van der Waals surface area (Å²) in [5, 5.41) is 4.03. The highest BCUT2D eigenvalue weighted by molar-refractivity contribution is 7.19. The van der Waals surface area contributed by atoms with Crippen LogP contribution < -0.4 is 5.32 Å². The maximum Gasteiger partial charge on any atom is 0.125 e. The van der Waals surface area contributed by atoms with Crippen LogP contribution in [0.2, 0.25) is 4.34 Å². The summed E-state index contributed by atoms with van der Waals surface area (Å²) in [7, 11) is 1.89. The summed E-state index contributed by atoms with van der Waals surface area (Å²) in [4.78, 5) is 4.49. The van der Waals surface area contributed by atoms with E-state index in [2.05, 4.69) is 10.3 Å². The van der Waals surface area contributed by atoms with Gasteiger partial charge in [0.1, 0.15) is 9.34 Å². The van der Waals surface area contributed by atoms with E-state index in [-0.39, 0.29) is 0 Å². The topological polar surface area (TPSA) is 24.9 Å². The lowest BCUT2D eigenvalue weighted by Crippen LogP contribution is -2.05. The lowest BCUT2D eigenvalue weighted by atomic mass is 10.2. The van der Waals surface area contributed by atoms with Gasteiger partial charge in [-0.1, -0.05) is 41.9 Å². The van der Waals surface area contributed by atoms with Gasteiger partial charge in [-0.25, -0.2) is 4.98 Å². The molecular weight excluding hydrogens is 228 g/mol. The van der Waals surface area contributed by atoms with E-state index in [4.69, 9.17) is 11.6 Å². The standard InChI is InChI=1S/C11H11ClN2S/c1-13-7-9-10(12)15-11(14-9)8-5-3-2-4-6-8/h2-6,13H,7H2,1H3. The van der Waals surface area contributed by atoms with Crippen LogP contribution in [0, 0.1) is 0 Å². The Morgan fingerprint density at radius 1 is 1.33 bits per heavy atom. The Labute approximate surface area is 97.9 Å².